The highest BCUT2D eigenvalue weighted by atomic mass is 16.5. The summed E-state index contributed by atoms with van der Waals surface area (Å²) >= 11 is 0. The molecule has 1 amide bonds. The number of nitriles is 1. The number of rotatable bonds is 2. The molecule has 2 fully saturated rings. The number of carbonyl (C=O) groups excluding carboxylic acids is 1. The quantitative estimate of drug-likeness (QED) is 0.905. The molecule has 0 spiro atoms. The van der Waals surface area contributed by atoms with E-state index >= 15 is 0 Å². The summed E-state index contributed by atoms with van der Waals surface area (Å²) in [5, 5.41) is 12.9. The van der Waals surface area contributed by atoms with Crippen LogP contribution in [0.2, 0.25) is 0 Å². The van der Waals surface area contributed by atoms with Crippen LogP contribution in [0.25, 0.3) is 0 Å². The van der Waals surface area contributed by atoms with Crippen molar-refractivity contribution in [1.82, 2.24) is 10.2 Å². The van der Waals surface area contributed by atoms with Crippen LogP contribution in [0.1, 0.15) is 32.8 Å². The van der Waals surface area contributed by atoms with Crippen molar-refractivity contribution in [3.8, 4) is 6.07 Å². The number of ether oxygens (including phenoxy) is 1. The van der Waals surface area contributed by atoms with E-state index < -0.39 is 17.3 Å². The maximum Gasteiger partial charge on any atom is 0.242 e. The molecule has 0 saturated carbocycles. The van der Waals surface area contributed by atoms with E-state index in [2.05, 4.69) is 11.4 Å². The molecule has 23 heavy (non-hydrogen) atoms. The van der Waals surface area contributed by atoms with Gasteiger partial charge in [-0.25, -0.2) is 0 Å². The fourth-order valence-corrected chi connectivity index (χ4v) is 3.69. The molecule has 0 aliphatic carbocycles. The molecule has 2 heterocycles. The van der Waals surface area contributed by atoms with Gasteiger partial charge in [-0.15, -0.1) is 0 Å². The molecule has 5 nitrogen and oxygen atoms in total. The highest BCUT2D eigenvalue weighted by Crippen LogP contribution is 2.35. The zero-order valence-electron chi connectivity index (χ0n) is 13.9. The number of hydrogen-bond donors (Lipinski definition) is 1. The van der Waals surface area contributed by atoms with Crippen LogP contribution in [0.5, 0.6) is 0 Å². The lowest BCUT2D eigenvalue weighted by molar-refractivity contribution is -0.147. The van der Waals surface area contributed by atoms with Gasteiger partial charge in [-0.3, -0.25) is 10.1 Å². The average molecular weight is 313 g/mol. The zero-order chi connectivity index (χ0) is 16.7. The van der Waals surface area contributed by atoms with Crippen molar-refractivity contribution in [2.45, 2.75) is 57.0 Å². The van der Waals surface area contributed by atoms with E-state index in [4.69, 9.17) is 4.74 Å². The van der Waals surface area contributed by atoms with E-state index in [-0.39, 0.29) is 11.9 Å². The van der Waals surface area contributed by atoms with Gasteiger partial charge >= 0.3 is 0 Å². The fourth-order valence-electron chi connectivity index (χ4n) is 3.69. The van der Waals surface area contributed by atoms with Gasteiger partial charge in [-0.2, -0.15) is 5.26 Å². The van der Waals surface area contributed by atoms with Crippen molar-refractivity contribution in [3.05, 3.63) is 35.9 Å². The Morgan fingerprint density at radius 1 is 1.35 bits per heavy atom. The van der Waals surface area contributed by atoms with Crippen LogP contribution in [0.4, 0.5) is 0 Å². The molecule has 2 saturated heterocycles. The van der Waals surface area contributed by atoms with Crippen LogP contribution in [0.15, 0.2) is 30.3 Å². The summed E-state index contributed by atoms with van der Waals surface area (Å²) in [6.07, 6.45) is 1.14. The molecule has 0 radical (unpaired) electrons. The zero-order valence-corrected chi connectivity index (χ0v) is 13.9. The molecule has 1 N–H and O–H groups in total. The first-order valence-electron chi connectivity index (χ1n) is 8.05. The number of nitrogens with zero attached hydrogens (tertiary/aromatic N) is 2. The number of nitrogens with one attached hydrogen (secondary N) is 1. The molecule has 2 aliphatic heterocycles. The molecule has 5 heteroatoms. The number of fused-ring (bicyclic) bond motifs is 1. The Balaban J connectivity index is 1.94. The summed E-state index contributed by atoms with van der Waals surface area (Å²) in [7, 11) is 0. The van der Waals surface area contributed by atoms with Gasteiger partial charge in [0.15, 0.2) is 0 Å². The third-order valence-electron chi connectivity index (χ3n) is 4.78. The minimum atomic E-state index is -0.738. The molecule has 122 valence electrons. The van der Waals surface area contributed by atoms with Crippen LogP contribution >= 0.6 is 0 Å². The molecule has 1 aromatic rings. The van der Waals surface area contributed by atoms with Gasteiger partial charge in [0.1, 0.15) is 11.3 Å². The number of carbonyl (C=O) groups is 1. The number of benzene rings is 1. The van der Waals surface area contributed by atoms with Crippen molar-refractivity contribution in [2.75, 3.05) is 6.61 Å². The Labute approximate surface area is 137 Å². The van der Waals surface area contributed by atoms with Crippen LogP contribution < -0.4 is 5.32 Å². The highest BCUT2D eigenvalue weighted by Gasteiger charge is 2.51. The van der Waals surface area contributed by atoms with Gasteiger partial charge in [0.2, 0.25) is 5.91 Å². The van der Waals surface area contributed by atoms with Crippen molar-refractivity contribution in [3.63, 3.8) is 0 Å². The topological polar surface area (TPSA) is 65.4 Å². The maximum atomic E-state index is 13.1. The average Bonchev–Trinajstić information content (AvgIpc) is 2.75. The minimum Gasteiger partial charge on any atom is -0.354 e. The fraction of sp³-hybridized carbons (Fsp3) is 0.556. The van der Waals surface area contributed by atoms with Gasteiger partial charge in [-0.1, -0.05) is 30.3 Å². The second-order valence-electron chi connectivity index (χ2n) is 7.15. The maximum absolute atomic E-state index is 13.1. The molecule has 3 atom stereocenters. The van der Waals surface area contributed by atoms with Crippen LogP contribution in [-0.2, 0) is 16.0 Å². The van der Waals surface area contributed by atoms with Crippen molar-refractivity contribution < 1.29 is 9.53 Å². The van der Waals surface area contributed by atoms with Crippen LogP contribution in [0, 0.1) is 11.3 Å². The lowest BCUT2D eigenvalue weighted by Gasteiger charge is -2.34. The Morgan fingerprint density at radius 2 is 2.04 bits per heavy atom. The van der Waals surface area contributed by atoms with E-state index in [0.29, 0.717) is 19.4 Å². The predicted octanol–water partition coefficient (Wildman–Crippen LogP) is 1.84. The number of hydrogen-bond acceptors (Lipinski definition) is 4. The first kappa shape index (κ1) is 16.0. The first-order valence-corrected chi connectivity index (χ1v) is 8.05. The van der Waals surface area contributed by atoms with E-state index in [0.717, 1.165) is 5.56 Å². The smallest absolute Gasteiger partial charge is 0.242 e. The lowest BCUT2D eigenvalue weighted by atomic mass is 9.94. The predicted molar refractivity (Wildman–Crippen MR) is 86.4 cm³/mol. The molecule has 1 aromatic carbocycles. The first-order chi connectivity index (χ1) is 10.8. The largest absolute Gasteiger partial charge is 0.354 e. The van der Waals surface area contributed by atoms with E-state index in [1.165, 1.54) is 0 Å². The van der Waals surface area contributed by atoms with Crippen LogP contribution in [0.3, 0.4) is 0 Å². The Bertz CT molecular complexity index is 637. The third kappa shape index (κ3) is 2.97. The summed E-state index contributed by atoms with van der Waals surface area (Å²) in [5.74, 6) is 0.0142. The van der Waals surface area contributed by atoms with E-state index in [1.807, 2.05) is 56.0 Å². The van der Waals surface area contributed by atoms with Gasteiger partial charge < -0.3 is 9.64 Å². The van der Waals surface area contributed by atoms with E-state index in [9.17, 15) is 10.1 Å². The third-order valence-corrected chi connectivity index (χ3v) is 4.78. The minimum absolute atomic E-state index is 0.0142. The highest BCUT2D eigenvalue weighted by molar-refractivity contribution is 5.84. The van der Waals surface area contributed by atoms with Gasteiger partial charge in [0, 0.05) is 6.42 Å². The molecular weight excluding hydrogens is 290 g/mol. The molecule has 0 aromatic heterocycles. The second kappa shape index (κ2) is 5.63. The molecule has 0 unspecified atom stereocenters. The van der Waals surface area contributed by atoms with Gasteiger partial charge in [-0.05, 0) is 32.8 Å². The summed E-state index contributed by atoms with van der Waals surface area (Å²) < 4.78 is 5.82. The summed E-state index contributed by atoms with van der Waals surface area (Å²) in [6, 6.07) is 11.8. The Kier molecular flexibility index (Phi) is 3.91. The molecule has 3 rings (SSSR count). The molecular formula is C18H23N3O2. The summed E-state index contributed by atoms with van der Waals surface area (Å²) in [4.78, 5) is 15.0. The van der Waals surface area contributed by atoms with Crippen molar-refractivity contribution in [2.24, 2.45) is 0 Å². The van der Waals surface area contributed by atoms with Gasteiger partial charge in [0.05, 0.1) is 24.8 Å². The lowest BCUT2D eigenvalue weighted by Crippen LogP contribution is -2.54. The monoisotopic (exact) mass is 313 g/mol. The number of amides is 1. The normalized spacial score (nSPS) is 33.0. The second-order valence-corrected chi connectivity index (χ2v) is 7.15. The SMILES string of the molecule is CC1(C)OC[C@@H]2C[C@](C)(C#N)N[C@@H](Cc3ccccc3)C(=O)N21. The molecule has 0 bridgehead atoms. The molecule has 2 aliphatic rings. The Morgan fingerprint density at radius 3 is 2.70 bits per heavy atom. The van der Waals surface area contributed by atoms with Crippen molar-refractivity contribution in [1.29, 1.82) is 5.26 Å². The standard InChI is InChI=1S/C18H23N3O2/c1-17(2)21-14(11-23-17)10-18(3,12-19)20-15(16(21)22)9-13-7-5-4-6-8-13/h4-8,14-15,20H,9-11H2,1-3H3/t14-,15-,18+/m0/s1. The Hall–Kier alpha value is -1.90. The summed E-state index contributed by atoms with van der Waals surface area (Å²) in [5.41, 5.74) is -0.285. The summed E-state index contributed by atoms with van der Waals surface area (Å²) in [6.45, 7) is 6.18. The van der Waals surface area contributed by atoms with Crippen LogP contribution in [-0.4, -0.2) is 40.8 Å². The van der Waals surface area contributed by atoms with E-state index in [1.54, 1.807) is 0 Å². The van der Waals surface area contributed by atoms with Crippen molar-refractivity contribution >= 4 is 5.91 Å². The van der Waals surface area contributed by atoms with Gasteiger partial charge in [0.25, 0.3) is 0 Å².